The molecule has 0 bridgehead atoms. The van der Waals surface area contributed by atoms with Crippen LogP contribution in [-0.4, -0.2) is 36.2 Å². The van der Waals surface area contributed by atoms with Crippen molar-refractivity contribution in [3.05, 3.63) is 95.1 Å². The average molecular weight is 400 g/mol. The van der Waals surface area contributed by atoms with Crippen LogP contribution in [0.3, 0.4) is 0 Å². The second kappa shape index (κ2) is 8.53. The summed E-state index contributed by atoms with van der Waals surface area (Å²) in [5, 5.41) is 10.2. The van der Waals surface area contributed by atoms with Gasteiger partial charge in [-0.3, -0.25) is 0 Å². The van der Waals surface area contributed by atoms with Gasteiger partial charge in [0.25, 0.3) is 0 Å². The Labute approximate surface area is 178 Å². The van der Waals surface area contributed by atoms with E-state index >= 15 is 0 Å². The number of phenols is 1. The minimum atomic E-state index is 0.163. The van der Waals surface area contributed by atoms with Crippen molar-refractivity contribution in [3.8, 4) is 11.5 Å². The van der Waals surface area contributed by atoms with E-state index in [9.17, 15) is 5.11 Å². The van der Waals surface area contributed by atoms with Gasteiger partial charge in [0, 0.05) is 23.9 Å². The van der Waals surface area contributed by atoms with Crippen molar-refractivity contribution in [3.63, 3.8) is 0 Å². The van der Waals surface area contributed by atoms with Crippen LogP contribution in [-0.2, 0) is 6.42 Å². The summed E-state index contributed by atoms with van der Waals surface area (Å²) in [6.45, 7) is 4.29. The number of hydrogen-bond acceptors (Lipinski definition) is 3. The minimum absolute atomic E-state index is 0.163. The topological polar surface area (TPSA) is 32.7 Å². The number of aromatic hydroxyl groups is 1. The van der Waals surface area contributed by atoms with Gasteiger partial charge in [-0.15, -0.1) is 0 Å². The molecule has 1 N–H and O–H groups in total. The third kappa shape index (κ3) is 3.95. The normalized spacial score (nSPS) is 21.2. The van der Waals surface area contributed by atoms with Gasteiger partial charge < -0.3 is 14.7 Å². The summed E-state index contributed by atoms with van der Waals surface area (Å²) in [5.74, 6) is 1.55. The van der Waals surface area contributed by atoms with E-state index in [0.717, 1.165) is 24.3 Å². The molecule has 30 heavy (non-hydrogen) atoms. The van der Waals surface area contributed by atoms with Gasteiger partial charge in [0.05, 0.1) is 6.61 Å². The Kier molecular flexibility index (Phi) is 5.46. The van der Waals surface area contributed by atoms with Gasteiger partial charge in [0.1, 0.15) is 11.5 Å². The summed E-state index contributed by atoms with van der Waals surface area (Å²) in [6.07, 6.45) is 3.79. The lowest BCUT2D eigenvalue weighted by Crippen LogP contribution is -2.25. The van der Waals surface area contributed by atoms with E-state index in [-0.39, 0.29) is 11.8 Å². The molecule has 5 rings (SSSR count). The van der Waals surface area contributed by atoms with Crippen LogP contribution >= 0.6 is 0 Å². The zero-order valence-corrected chi connectivity index (χ0v) is 17.3. The van der Waals surface area contributed by atoms with Crippen LogP contribution in [0, 0.1) is 0 Å². The maximum absolute atomic E-state index is 10.2. The molecule has 2 aliphatic rings. The molecule has 3 aromatic rings. The molecule has 0 aromatic heterocycles. The molecule has 0 spiro atoms. The molecule has 2 aliphatic heterocycles. The second-order valence-corrected chi connectivity index (χ2v) is 8.57. The van der Waals surface area contributed by atoms with E-state index in [2.05, 4.69) is 59.5 Å². The highest BCUT2D eigenvalue weighted by Crippen LogP contribution is 2.46. The van der Waals surface area contributed by atoms with Crippen LogP contribution in [0.1, 0.15) is 46.9 Å². The summed E-state index contributed by atoms with van der Waals surface area (Å²) < 4.78 is 6.10. The predicted molar refractivity (Wildman–Crippen MR) is 120 cm³/mol. The number of rotatable bonds is 5. The Hall–Kier alpha value is -2.78. The maximum Gasteiger partial charge on any atom is 0.123 e. The standard InChI is InChI=1S/C27H29NO2/c29-23-12-13-26-24(18-23)27(25(19-30-26)21-6-2-1-3-7-21)22-10-8-20(9-11-22)14-17-28-15-4-5-16-28/h1-3,6-13,18,25,27,29H,4-5,14-17,19H2/t25-,27-/m1/s1. The van der Waals surface area contributed by atoms with E-state index in [0.29, 0.717) is 12.4 Å². The summed E-state index contributed by atoms with van der Waals surface area (Å²) in [6, 6.07) is 25.2. The first-order chi connectivity index (χ1) is 14.8. The fourth-order valence-electron chi connectivity index (χ4n) is 4.99. The molecule has 0 unspecified atom stereocenters. The first-order valence-electron chi connectivity index (χ1n) is 11.1. The van der Waals surface area contributed by atoms with Gasteiger partial charge in [-0.25, -0.2) is 0 Å². The van der Waals surface area contributed by atoms with Gasteiger partial charge in [0.2, 0.25) is 0 Å². The van der Waals surface area contributed by atoms with Crippen LogP contribution in [0.25, 0.3) is 0 Å². The average Bonchev–Trinajstić information content (AvgIpc) is 3.32. The number of ether oxygens (including phenoxy) is 1. The van der Waals surface area contributed by atoms with Crippen molar-refractivity contribution in [1.82, 2.24) is 4.90 Å². The molecule has 154 valence electrons. The molecular weight excluding hydrogens is 370 g/mol. The Morgan fingerprint density at radius 2 is 1.63 bits per heavy atom. The molecule has 2 heterocycles. The fourth-order valence-corrected chi connectivity index (χ4v) is 4.99. The van der Waals surface area contributed by atoms with E-state index < -0.39 is 0 Å². The van der Waals surface area contributed by atoms with Crippen LogP contribution in [0.4, 0.5) is 0 Å². The zero-order chi connectivity index (χ0) is 20.3. The number of likely N-dealkylation sites (tertiary alicyclic amines) is 1. The molecule has 0 aliphatic carbocycles. The quantitative estimate of drug-likeness (QED) is 0.629. The third-order valence-electron chi connectivity index (χ3n) is 6.63. The van der Waals surface area contributed by atoms with Gasteiger partial charge in [-0.1, -0.05) is 54.6 Å². The smallest absolute Gasteiger partial charge is 0.123 e. The molecule has 3 aromatic carbocycles. The molecule has 1 fully saturated rings. The van der Waals surface area contributed by atoms with Crippen molar-refractivity contribution >= 4 is 0 Å². The Morgan fingerprint density at radius 3 is 2.40 bits per heavy atom. The molecule has 3 nitrogen and oxygen atoms in total. The van der Waals surface area contributed by atoms with Crippen LogP contribution in [0.15, 0.2) is 72.8 Å². The monoisotopic (exact) mass is 399 g/mol. The number of benzene rings is 3. The maximum atomic E-state index is 10.2. The Bertz CT molecular complexity index is 978. The number of phenolic OH excluding ortho intramolecular Hbond substituents is 1. The fraction of sp³-hybridized carbons (Fsp3) is 0.333. The van der Waals surface area contributed by atoms with Gasteiger partial charge in [0.15, 0.2) is 0 Å². The summed E-state index contributed by atoms with van der Waals surface area (Å²) in [4.78, 5) is 2.57. The van der Waals surface area contributed by atoms with Crippen molar-refractivity contribution in [2.24, 2.45) is 0 Å². The first kappa shape index (κ1) is 19.2. The van der Waals surface area contributed by atoms with Crippen molar-refractivity contribution in [1.29, 1.82) is 0 Å². The lowest BCUT2D eigenvalue weighted by atomic mass is 9.75. The number of fused-ring (bicyclic) bond motifs is 1. The van der Waals surface area contributed by atoms with Gasteiger partial charge in [-0.05, 0) is 67.2 Å². The van der Waals surface area contributed by atoms with E-state index in [4.69, 9.17) is 4.74 Å². The SMILES string of the molecule is Oc1ccc2c(c1)[C@@H](c1ccc(CCN3CCCC3)cc1)[C@@H](c1ccccc1)CO2. The van der Waals surface area contributed by atoms with E-state index in [1.165, 1.54) is 42.6 Å². The summed E-state index contributed by atoms with van der Waals surface area (Å²) >= 11 is 0. The highest BCUT2D eigenvalue weighted by Gasteiger charge is 2.33. The highest BCUT2D eigenvalue weighted by molar-refractivity contribution is 5.50. The van der Waals surface area contributed by atoms with Gasteiger partial charge in [-0.2, -0.15) is 0 Å². The zero-order valence-electron chi connectivity index (χ0n) is 17.3. The van der Waals surface area contributed by atoms with Crippen molar-refractivity contribution in [2.45, 2.75) is 31.1 Å². The molecule has 1 saturated heterocycles. The predicted octanol–water partition coefficient (Wildman–Crippen LogP) is 5.34. The lowest BCUT2D eigenvalue weighted by Gasteiger charge is -2.34. The molecule has 2 atom stereocenters. The largest absolute Gasteiger partial charge is 0.508 e. The molecule has 0 saturated carbocycles. The van der Waals surface area contributed by atoms with Gasteiger partial charge >= 0.3 is 0 Å². The minimum Gasteiger partial charge on any atom is -0.508 e. The lowest BCUT2D eigenvalue weighted by molar-refractivity contribution is 0.248. The first-order valence-corrected chi connectivity index (χ1v) is 11.1. The van der Waals surface area contributed by atoms with Crippen molar-refractivity contribution < 1.29 is 9.84 Å². The van der Waals surface area contributed by atoms with Crippen LogP contribution in [0.5, 0.6) is 11.5 Å². The van der Waals surface area contributed by atoms with E-state index in [1.807, 2.05) is 12.1 Å². The molecule has 3 heteroatoms. The summed E-state index contributed by atoms with van der Waals surface area (Å²) in [7, 11) is 0. The highest BCUT2D eigenvalue weighted by atomic mass is 16.5. The van der Waals surface area contributed by atoms with Crippen molar-refractivity contribution in [2.75, 3.05) is 26.2 Å². The van der Waals surface area contributed by atoms with Crippen LogP contribution < -0.4 is 4.74 Å². The second-order valence-electron chi connectivity index (χ2n) is 8.57. The molecule has 0 radical (unpaired) electrons. The molecular formula is C27H29NO2. The summed E-state index contributed by atoms with van der Waals surface area (Å²) in [5.41, 5.74) is 5.02. The van der Waals surface area contributed by atoms with E-state index in [1.54, 1.807) is 6.07 Å². The number of nitrogens with zero attached hydrogens (tertiary/aromatic N) is 1. The number of hydrogen-bond donors (Lipinski definition) is 1. The third-order valence-corrected chi connectivity index (χ3v) is 6.63. The Balaban J connectivity index is 1.45. The molecule has 0 amide bonds. The van der Waals surface area contributed by atoms with Crippen LogP contribution in [0.2, 0.25) is 0 Å². The Morgan fingerprint density at radius 1 is 0.867 bits per heavy atom.